The van der Waals surface area contributed by atoms with E-state index in [1.165, 1.54) is 32.3 Å². The largest absolute Gasteiger partial charge is 0.433 e. The van der Waals surface area contributed by atoms with Gasteiger partial charge in [0.05, 0.1) is 0 Å². The van der Waals surface area contributed by atoms with Gasteiger partial charge in [-0.05, 0) is 57.7 Å². The van der Waals surface area contributed by atoms with Crippen LogP contribution >= 0.6 is 0 Å². The lowest BCUT2D eigenvalue weighted by Crippen LogP contribution is -2.47. The van der Waals surface area contributed by atoms with Crippen LogP contribution in [0, 0.1) is 12.8 Å². The number of piperidine rings is 1. The lowest BCUT2D eigenvalue weighted by Gasteiger charge is -2.37. The molecule has 2 aromatic rings. The predicted molar refractivity (Wildman–Crippen MR) is 106 cm³/mol. The average Bonchev–Trinajstić information content (AvgIpc) is 3.13. The van der Waals surface area contributed by atoms with Gasteiger partial charge in [-0.3, -0.25) is 4.79 Å². The van der Waals surface area contributed by atoms with Crippen molar-refractivity contribution in [2.45, 2.75) is 64.1 Å². The summed E-state index contributed by atoms with van der Waals surface area (Å²) in [5.41, 5.74) is -0.692. The van der Waals surface area contributed by atoms with E-state index in [9.17, 15) is 18.0 Å². The van der Waals surface area contributed by atoms with Gasteiger partial charge in [0, 0.05) is 24.3 Å². The Morgan fingerprint density at radius 3 is 2.60 bits per heavy atom. The molecule has 0 bridgehead atoms. The lowest BCUT2D eigenvalue weighted by atomic mass is 9.83. The minimum absolute atomic E-state index is 0.0229. The van der Waals surface area contributed by atoms with E-state index < -0.39 is 17.8 Å². The van der Waals surface area contributed by atoms with Crippen LogP contribution in [0.1, 0.15) is 66.8 Å². The van der Waals surface area contributed by atoms with E-state index in [2.05, 4.69) is 20.3 Å². The fraction of sp³-hybridized carbons (Fsp3) is 0.667. The number of alkyl halides is 3. The van der Waals surface area contributed by atoms with E-state index in [0.717, 1.165) is 51.4 Å². The van der Waals surface area contributed by atoms with Gasteiger partial charge >= 0.3 is 6.18 Å². The molecule has 1 saturated carbocycles. The van der Waals surface area contributed by atoms with E-state index in [0.29, 0.717) is 10.4 Å². The summed E-state index contributed by atoms with van der Waals surface area (Å²) in [5.74, 6) is -0.0641. The van der Waals surface area contributed by atoms with Crippen molar-refractivity contribution in [2.75, 3.05) is 19.6 Å². The van der Waals surface area contributed by atoms with E-state index >= 15 is 0 Å². The highest BCUT2D eigenvalue weighted by atomic mass is 19.4. The van der Waals surface area contributed by atoms with Gasteiger partial charge in [0.25, 0.3) is 5.91 Å². The van der Waals surface area contributed by atoms with Crippen LogP contribution in [0.3, 0.4) is 0 Å². The number of aryl methyl sites for hydroxylation is 1. The number of rotatable bonds is 4. The molecule has 1 amide bonds. The second kappa shape index (κ2) is 8.53. The van der Waals surface area contributed by atoms with Crippen molar-refractivity contribution in [1.82, 2.24) is 24.8 Å². The highest BCUT2D eigenvalue weighted by molar-refractivity contribution is 5.93. The fourth-order valence-electron chi connectivity index (χ4n) is 4.75. The van der Waals surface area contributed by atoms with Crippen molar-refractivity contribution < 1.29 is 18.0 Å². The molecule has 9 heteroatoms. The minimum Gasteiger partial charge on any atom is -0.348 e. The number of aromatic nitrogens is 3. The van der Waals surface area contributed by atoms with Crippen LogP contribution < -0.4 is 5.32 Å². The van der Waals surface area contributed by atoms with Crippen molar-refractivity contribution in [1.29, 1.82) is 0 Å². The molecule has 1 saturated heterocycles. The number of carbonyl (C=O) groups is 1. The fourth-order valence-corrected chi connectivity index (χ4v) is 4.75. The predicted octanol–water partition coefficient (Wildman–Crippen LogP) is 3.83. The Kier molecular flexibility index (Phi) is 5.99. The van der Waals surface area contributed by atoms with E-state index in [1.54, 1.807) is 0 Å². The maximum Gasteiger partial charge on any atom is 0.433 e. The summed E-state index contributed by atoms with van der Waals surface area (Å²) < 4.78 is 40.8. The SMILES string of the molecule is Cc1cc(C(F)(F)F)n2nc(C(=O)NC3CCCC[C@H]3CN3CCCCC3)cc2n1. The number of amides is 1. The summed E-state index contributed by atoms with van der Waals surface area (Å²) >= 11 is 0. The lowest BCUT2D eigenvalue weighted by molar-refractivity contribution is -0.142. The highest BCUT2D eigenvalue weighted by Crippen LogP contribution is 2.30. The normalized spacial score (nSPS) is 23.6. The van der Waals surface area contributed by atoms with Crippen LogP contribution in [0.15, 0.2) is 12.1 Å². The third-order valence-electron chi connectivity index (χ3n) is 6.25. The van der Waals surface area contributed by atoms with E-state index in [1.807, 2.05) is 0 Å². The Balaban J connectivity index is 1.51. The number of hydrogen-bond donors (Lipinski definition) is 1. The molecule has 2 fully saturated rings. The van der Waals surface area contributed by atoms with Crippen molar-refractivity contribution in [3.8, 4) is 0 Å². The summed E-state index contributed by atoms with van der Waals surface area (Å²) in [7, 11) is 0. The van der Waals surface area contributed by atoms with Crippen molar-refractivity contribution in [3.63, 3.8) is 0 Å². The van der Waals surface area contributed by atoms with Crippen LogP contribution in [0.4, 0.5) is 13.2 Å². The van der Waals surface area contributed by atoms with Gasteiger partial charge < -0.3 is 10.2 Å². The van der Waals surface area contributed by atoms with Crippen LogP contribution in [-0.2, 0) is 6.18 Å². The number of carbonyl (C=O) groups excluding carboxylic acids is 1. The first kappa shape index (κ1) is 21.1. The summed E-state index contributed by atoms with van der Waals surface area (Å²) in [4.78, 5) is 19.4. The van der Waals surface area contributed by atoms with Gasteiger partial charge in [-0.15, -0.1) is 0 Å². The summed E-state index contributed by atoms with van der Waals surface area (Å²) in [5, 5.41) is 7.00. The minimum atomic E-state index is -4.57. The Bertz CT molecular complexity index is 904. The zero-order valence-corrected chi connectivity index (χ0v) is 17.2. The molecule has 1 aliphatic carbocycles. The maximum absolute atomic E-state index is 13.4. The molecule has 2 aliphatic rings. The van der Waals surface area contributed by atoms with Crippen molar-refractivity contribution in [3.05, 3.63) is 29.2 Å². The zero-order valence-electron chi connectivity index (χ0n) is 17.2. The summed E-state index contributed by atoms with van der Waals surface area (Å²) in [6, 6.07) is 2.30. The van der Waals surface area contributed by atoms with Gasteiger partial charge in [-0.25, -0.2) is 9.50 Å². The number of halogens is 3. The molecule has 2 aromatic heterocycles. The molecule has 0 spiro atoms. The third kappa shape index (κ3) is 4.61. The molecule has 30 heavy (non-hydrogen) atoms. The molecular formula is C21H28F3N5O. The number of nitrogens with zero attached hydrogens (tertiary/aromatic N) is 4. The average molecular weight is 423 g/mol. The molecular weight excluding hydrogens is 395 g/mol. The maximum atomic E-state index is 13.4. The smallest absolute Gasteiger partial charge is 0.348 e. The second-order valence-electron chi connectivity index (χ2n) is 8.57. The third-order valence-corrected chi connectivity index (χ3v) is 6.25. The van der Waals surface area contributed by atoms with Crippen molar-refractivity contribution >= 4 is 11.6 Å². The zero-order chi connectivity index (χ0) is 21.3. The Morgan fingerprint density at radius 1 is 1.13 bits per heavy atom. The molecule has 0 aromatic carbocycles. The summed E-state index contributed by atoms with van der Waals surface area (Å²) in [6.07, 6.45) is 3.30. The monoisotopic (exact) mass is 423 g/mol. The quantitative estimate of drug-likeness (QED) is 0.812. The van der Waals surface area contributed by atoms with E-state index in [-0.39, 0.29) is 23.1 Å². The number of nitrogens with one attached hydrogen (secondary N) is 1. The first-order chi connectivity index (χ1) is 14.3. The molecule has 0 radical (unpaired) electrons. The van der Waals surface area contributed by atoms with Crippen LogP contribution in [0.25, 0.3) is 5.65 Å². The first-order valence-corrected chi connectivity index (χ1v) is 10.8. The Labute approximate surface area is 173 Å². The van der Waals surface area contributed by atoms with Gasteiger partial charge in [-0.1, -0.05) is 19.3 Å². The van der Waals surface area contributed by atoms with Crippen LogP contribution in [-0.4, -0.2) is 51.1 Å². The number of likely N-dealkylation sites (tertiary alicyclic amines) is 1. The molecule has 2 atom stereocenters. The van der Waals surface area contributed by atoms with Gasteiger partial charge in [-0.2, -0.15) is 18.3 Å². The van der Waals surface area contributed by atoms with Gasteiger partial charge in [0.15, 0.2) is 11.3 Å². The van der Waals surface area contributed by atoms with Crippen molar-refractivity contribution in [2.24, 2.45) is 5.92 Å². The standard InChI is InChI=1S/C21H28F3N5O/c1-14-11-18(21(22,23)24)29-19(25-14)12-17(27-29)20(30)26-16-8-4-3-7-15(16)13-28-9-5-2-6-10-28/h11-12,15-16H,2-10,13H2,1H3,(H,26,30)/t15-,16?/m0/s1. The molecule has 3 heterocycles. The molecule has 4 rings (SSSR count). The number of fused-ring (bicyclic) bond motifs is 1. The van der Waals surface area contributed by atoms with Gasteiger partial charge in [0.1, 0.15) is 5.69 Å². The van der Waals surface area contributed by atoms with Crippen LogP contribution in [0.5, 0.6) is 0 Å². The molecule has 6 nitrogen and oxygen atoms in total. The van der Waals surface area contributed by atoms with E-state index in [4.69, 9.17) is 0 Å². The molecule has 1 N–H and O–H groups in total. The topological polar surface area (TPSA) is 62.5 Å². The Morgan fingerprint density at radius 2 is 1.87 bits per heavy atom. The summed E-state index contributed by atoms with van der Waals surface area (Å²) in [6.45, 7) is 4.67. The molecule has 1 aliphatic heterocycles. The number of hydrogen-bond acceptors (Lipinski definition) is 4. The molecule has 164 valence electrons. The molecule has 1 unspecified atom stereocenters. The highest BCUT2D eigenvalue weighted by Gasteiger charge is 2.35. The first-order valence-electron chi connectivity index (χ1n) is 10.8. The second-order valence-corrected chi connectivity index (χ2v) is 8.57. The van der Waals surface area contributed by atoms with Gasteiger partial charge in [0.2, 0.25) is 0 Å². The van der Waals surface area contributed by atoms with Crippen LogP contribution in [0.2, 0.25) is 0 Å². The Hall–Kier alpha value is -2.16.